The molecule has 0 amide bonds. The van der Waals surface area contributed by atoms with E-state index in [1.165, 1.54) is 6.07 Å². The molecule has 0 bridgehead atoms. The summed E-state index contributed by atoms with van der Waals surface area (Å²) < 4.78 is 0. The molecule has 0 spiro atoms. The Morgan fingerprint density at radius 1 is 1.47 bits per heavy atom. The minimum absolute atomic E-state index is 0.115. The maximum atomic E-state index is 10.9. The summed E-state index contributed by atoms with van der Waals surface area (Å²) in [5, 5.41) is 8.98. The van der Waals surface area contributed by atoms with Gasteiger partial charge in [0.15, 0.2) is 5.69 Å². The zero-order valence-corrected chi connectivity index (χ0v) is 11.5. The topological polar surface area (TPSA) is 56.7 Å². The minimum atomic E-state index is -0.971. The number of carboxylic acids is 1. The number of aromatic carboxylic acids is 1. The molecule has 1 fully saturated rings. The first kappa shape index (κ1) is 13.8. The van der Waals surface area contributed by atoms with Gasteiger partial charge in [-0.2, -0.15) is 0 Å². The second kappa shape index (κ2) is 6.02. The molecule has 19 heavy (non-hydrogen) atoms. The van der Waals surface area contributed by atoms with Gasteiger partial charge in [0.05, 0.1) is 0 Å². The third-order valence-electron chi connectivity index (χ3n) is 3.77. The van der Waals surface area contributed by atoms with Crippen molar-refractivity contribution < 1.29 is 9.90 Å². The van der Waals surface area contributed by atoms with Crippen LogP contribution in [0.3, 0.4) is 0 Å². The van der Waals surface area contributed by atoms with Gasteiger partial charge in [0.2, 0.25) is 0 Å². The average molecular weight is 263 g/mol. The number of aromatic nitrogens is 1. The number of likely N-dealkylation sites (N-methyl/N-ethyl adjacent to an activating group) is 1. The molecule has 0 saturated carbocycles. The van der Waals surface area contributed by atoms with Gasteiger partial charge in [0.25, 0.3) is 0 Å². The van der Waals surface area contributed by atoms with E-state index in [1.54, 1.807) is 6.07 Å². The van der Waals surface area contributed by atoms with E-state index in [9.17, 15) is 4.79 Å². The van der Waals surface area contributed by atoms with Gasteiger partial charge in [0.1, 0.15) is 5.82 Å². The maximum Gasteiger partial charge on any atom is 0.354 e. The molecule has 1 atom stereocenters. The first-order chi connectivity index (χ1) is 9.15. The van der Waals surface area contributed by atoms with Gasteiger partial charge in [-0.25, -0.2) is 9.78 Å². The Hall–Kier alpha value is -1.62. The molecule has 5 heteroatoms. The Morgan fingerprint density at radius 2 is 2.21 bits per heavy atom. The Morgan fingerprint density at radius 3 is 2.84 bits per heavy atom. The highest BCUT2D eigenvalue weighted by Crippen LogP contribution is 2.21. The molecule has 2 rings (SSSR count). The van der Waals surface area contributed by atoms with Gasteiger partial charge in [0, 0.05) is 19.1 Å². The number of carbonyl (C=O) groups is 1. The fraction of sp³-hybridized carbons (Fsp3) is 0.571. The predicted octanol–water partition coefficient (Wildman–Crippen LogP) is 1.70. The fourth-order valence-corrected chi connectivity index (χ4v) is 2.71. The van der Waals surface area contributed by atoms with Crippen LogP contribution in [-0.2, 0) is 0 Å². The largest absolute Gasteiger partial charge is 0.477 e. The van der Waals surface area contributed by atoms with Crippen molar-refractivity contribution in [2.75, 3.05) is 31.1 Å². The summed E-state index contributed by atoms with van der Waals surface area (Å²) >= 11 is 0. The normalized spacial score (nSPS) is 19.1. The lowest BCUT2D eigenvalue weighted by molar-refractivity contribution is 0.0690. The van der Waals surface area contributed by atoms with Crippen molar-refractivity contribution in [3.63, 3.8) is 0 Å². The van der Waals surface area contributed by atoms with Gasteiger partial charge in [-0.15, -0.1) is 0 Å². The van der Waals surface area contributed by atoms with Gasteiger partial charge < -0.3 is 10.0 Å². The van der Waals surface area contributed by atoms with E-state index in [4.69, 9.17) is 5.11 Å². The van der Waals surface area contributed by atoms with E-state index in [2.05, 4.69) is 28.6 Å². The second-order valence-electron chi connectivity index (χ2n) is 4.80. The highest BCUT2D eigenvalue weighted by atomic mass is 16.4. The molecule has 0 aromatic carbocycles. The second-order valence-corrected chi connectivity index (χ2v) is 4.80. The summed E-state index contributed by atoms with van der Waals surface area (Å²) in [6.07, 6.45) is 1.11. The first-order valence-corrected chi connectivity index (χ1v) is 6.85. The fourth-order valence-electron chi connectivity index (χ4n) is 2.71. The van der Waals surface area contributed by atoms with Gasteiger partial charge in [-0.05, 0) is 31.6 Å². The Balaban J connectivity index is 2.08. The molecule has 1 N–H and O–H groups in total. The Labute approximate surface area is 113 Å². The third kappa shape index (κ3) is 3.04. The van der Waals surface area contributed by atoms with E-state index in [0.29, 0.717) is 6.04 Å². The van der Waals surface area contributed by atoms with Crippen molar-refractivity contribution in [3.8, 4) is 0 Å². The number of hydrogen-bond donors (Lipinski definition) is 1. The molecule has 1 aromatic rings. The van der Waals surface area contributed by atoms with E-state index in [-0.39, 0.29) is 5.69 Å². The number of anilines is 1. The van der Waals surface area contributed by atoms with Crippen molar-refractivity contribution in [3.05, 3.63) is 23.9 Å². The monoisotopic (exact) mass is 263 g/mol. The zero-order chi connectivity index (χ0) is 13.8. The molecule has 1 aromatic heterocycles. The highest BCUT2D eigenvalue weighted by Gasteiger charge is 2.27. The molecule has 0 aliphatic carbocycles. The van der Waals surface area contributed by atoms with E-state index in [0.717, 1.165) is 38.4 Å². The van der Waals surface area contributed by atoms with Crippen LogP contribution in [-0.4, -0.2) is 53.2 Å². The molecule has 2 heterocycles. The Kier molecular flexibility index (Phi) is 4.37. The smallest absolute Gasteiger partial charge is 0.354 e. The lowest BCUT2D eigenvalue weighted by Gasteiger charge is -2.26. The van der Waals surface area contributed by atoms with Crippen LogP contribution in [0.15, 0.2) is 18.2 Å². The van der Waals surface area contributed by atoms with Crippen LogP contribution in [0.4, 0.5) is 5.82 Å². The van der Waals surface area contributed by atoms with Crippen LogP contribution in [0.5, 0.6) is 0 Å². The Bertz CT molecular complexity index is 446. The van der Waals surface area contributed by atoms with Crippen LogP contribution < -0.4 is 4.90 Å². The minimum Gasteiger partial charge on any atom is -0.477 e. The van der Waals surface area contributed by atoms with E-state index >= 15 is 0 Å². The SMILES string of the molecule is CCN(CC)C1CCN(c2cccc(C(=O)O)n2)C1. The summed E-state index contributed by atoms with van der Waals surface area (Å²) in [5.74, 6) is -0.198. The number of carboxylic acid groups (broad SMARTS) is 1. The average Bonchev–Trinajstić information content (AvgIpc) is 2.90. The molecule has 1 saturated heterocycles. The maximum absolute atomic E-state index is 10.9. The van der Waals surface area contributed by atoms with Crippen molar-refractivity contribution in [1.82, 2.24) is 9.88 Å². The number of nitrogens with zero attached hydrogens (tertiary/aromatic N) is 3. The molecule has 1 aliphatic rings. The molecule has 0 radical (unpaired) electrons. The van der Waals surface area contributed by atoms with E-state index in [1.807, 2.05) is 6.07 Å². The number of pyridine rings is 1. The molecular formula is C14H21N3O2. The molecule has 5 nitrogen and oxygen atoms in total. The first-order valence-electron chi connectivity index (χ1n) is 6.85. The number of rotatable bonds is 5. The molecular weight excluding hydrogens is 242 g/mol. The van der Waals surface area contributed by atoms with Crippen molar-refractivity contribution in [2.24, 2.45) is 0 Å². The van der Waals surface area contributed by atoms with Crippen molar-refractivity contribution in [2.45, 2.75) is 26.3 Å². The zero-order valence-electron chi connectivity index (χ0n) is 11.5. The van der Waals surface area contributed by atoms with Crippen LogP contribution >= 0.6 is 0 Å². The highest BCUT2D eigenvalue weighted by molar-refractivity contribution is 5.85. The summed E-state index contributed by atoms with van der Waals surface area (Å²) in [6.45, 7) is 8.33. The van der Waals surface area contributed by atoms with Crippen LogP contribution in [0.1, 0.15) is 30.8 Å². The third-order valence-corrected chi connectivity index (χ3v) is 3.77. The van der Waals surface area contributed by atoms with Gasteiger partial charge in [-0.3, -0.25) is 4.90 Å². The lowest BCUT2D eigenvalue weighted by Crippen LogP contribution is -2.37. The standard InChI is InChI=1S/C14H21N3O2/c1-3-16(4-2)11-8-9-17(10-11)13-7-5-6-12(15-13)14(18)19/h5-7,11H,3-4,8-10H2,1-2H3,(H,18,19). The lowest BCUT2D eigenvalue weighted by atomic mass is 10.2. The molecule has 1 unspecified atom stereocenters. The molecule has 104 valence electrons. The van der Waals surface area contributed by atoms with Crippen molar-refractivity contribution in [1.29, 1.82) is 0 Å². The van der Waals surface area contributed by atoms with Gasteiger partial charge in [-0.1, -0.05) is 19.9 Å². The summed E-state index contributed by atoms with van der Waals surface area (Å²) in [6, 6.07) is 5.72. The predicted molar refractivity (Wildman–Crippen MR) is 74.7 cm³/mol. The van der Waals surface area contributed by atoms with Crippen LogP contribution in [0.2, 0.25) is 0 Å². The van der Waals surface area contributed by atoms with Crippen LogP contribution in [0, 0.1) is 0 Å². The summed E-state index contributed by atoms with van der Waals surface area (Å²) in [5.41, 5.74) is 0.115. The summed E-state index contributed by atoms with van der Waals surface area (Å²) in [7, 11) is 0. The van der Waals surface area contributed by atoms with Crippen LogP contribution in [0.25, 0.3) is 0 Å². The van der Waals surface area contributed by atoms with E-state index < -0.39 is 5.97 Å². The van der Waals surface area contributed by atoms with Gasteiger partial charge >= 0.3 is 5.97 Å². The number of hydrogen-bond acceptors (Lipinski definition) is 4. The van der Waals surface area contributed by atoms with Crippen molar-refractivity contribution >= 4 is 11.8 Å². The summed E-state index contributed by atoms with van der Waals surface area (Å²) in [4.78, 5) is 19.8. The quantitative estimate of drug-likeness (QED) is 0.876. The molecule has 1 aliphatic heterocycles.